The number of anilines is 1. The lowest BCUT2D eigenvalue weighted by Crippen LogP contribution is -2.26. The fourth-order valence-electron chi connectivity index (χ4n) is 2.29. The number of nitrogens with zero attached hydrogens (tertiary/aromatic N) is 1. The van der Waals surface area contributed by atoms with Crippen molar-refractivity contribution >= 4 is 21.6 Å². The number of rotatable bonds is 7. The Kier molecular flexibility index (Phi) is 6.30. The second-order valence-electron chi connectivity index (χ2n) is 5.53. The highest BCUT2D eigenvalue weighted by Crippen LogP contribution is 2.18. The fourth-order valence-corrected chi connectivity index (χ4v) is 3.31. The Morgan fingerprint density at radius 2 is 1.84 bits per heavy atom. The van der Waals surface area contributed by atoms with Crippen LogP contribution in [-0.4, -0.2) is 33.0 Å². The Morgan fingerprint density at radius 3 is 2.44 bits per heavy atom. The molecule has 0 aliphatic rings. The standard InChI is InChI=1S/C18H22N2O4S/c1-4-6-14-9-11-16(12-10-14)19-18(21)15-7-5-8-17(13-15)25(22,23)20(2)24-3/h5,7-13H,4,6H2,1-3H3,(H,19,21). The molecule has 0 fully saturated rings. The molecule has 6 nitrogen and oxygen atoms in total. The molecule has 0 bridgehead atoms. The normalized spacial score (nSPS) is 11.5. The number of aryl methyl sites for hydroxylation is 1. The maximum atomic E-state index is 12.4. The van der Waals surface area contributed by atoms with Gasteiger partial charge in [0.15, 0.2) is 0 Å². The van der Waals surface area contributed by atoms with Gasteiger partial charge in [0.25, 0.3) is 15.9 Å². The van der Waals surface area contributed by atoms with E-state index >= 15 is 0 Å². The monoisotopic (exact) mass is 362 g/mol. The average Bonchev–Trinajstić information content (AvgIpc) is 2.63. The first-order valence-electron chi connectivity index (χ1n) is 7.92. The van der Waals surface area contributed by atoms with Gasteiger partial charge in [-0.15, -0.1) is 0 Å². The van der Waals surface area contributed by atoms with Crippen molar-refractivity contribution in [1.82, 2.24) is 4.47 Å². The molecule has 0 spiro atoms. The molecule has 2 aromatic carbocycles. The molecular formula is C18H22N2O4S. The SMILES string of the molecule is CCCc1ccc(NC(=O)c2cccc(S(=O)(=O)N(C)OC)c2)cc1. The van der Waals surface area contributed by atoms with Crippen molar-refractivity contribution in [2.24, 2.45) is 0 Å². The van der Waals surface area contributed by atoms with Crippen molar-refractivity contribution in [2.45, 2.75) is 24.7 Å². The number of carbonyl (C=O) groups excluding carboxylic acids is 1. The number of sulfonamides is 1. The summed E-state index contributed by atoms with van der Waals surface area (Å²) in [6.07, 6.45) is 2.05. The van der Waals surface area contributed by atoms with E-state index in [1.54, 1.807) is 6.07 Å². The smallest absolute Gasteiger partial charge is 0.264 e. The van der Waals surface area contributed by atoms with Crippen LogP contribution < -0.4 is 5.32 Å². The van der Waals surface area contributed by atoms with Crippen LogP contribution >= 0.6 is 0 Å². The zero-order chi connectivity index (χ0) is 18.4. The Bertz CT molecular complexity index is 832. The van der Waals surface area contributed by atoms with Gasteiger partial charge in [0.05, 0.1) is 12.0 Å². The van der Waals surface area contributed by atoms with Gasteiger partial charge in [-0.25, -0.2) is 8.42 Å². The van der Waals surface area contributed by atoms with E-state index in [-0.39, 0.29) is 16.4 Å². The Morgan fingerprint density at radius 1 is 1.16 bits per heavy atom. The summed E-state index contributed by atoms with van der Waals surface area (Å²) in [7, 11) is -1.25. The van der Waals surface area contributed by atoms with Crippen LogP contribution in [0.4, 0.5) is 5.69 Å². The highest BCUT2D eigenvalue weighted by Gasteiger charge is 2.21. The van der Waals surface area contributed by atoms with E-state index < -0.39 is 10.0 Å². The minimum absolute atomic E-state index is 0.0113. The number of benzene rings is 2. The summed E-state index contributed by atoms with van der Waals surface area (Å²) in [5.41, 5.74) is 2.12. The van der Waals surface area contributed by atoms with Gasteiger partial charge in [-0.2, -0.15) is 0 Å². The maximum absolute atomic E-state index is 12.4. The van der Waals surface area contributed by atoms with E-state index in [0.717, 1.165) is 17.3 Å². The van der Waals surface area contributed by atoms with E-state index in [1.807, 2.05) is 24.3 Å². The first-order valence-corrected chi connectivity index (χ1v) is 9.36. The van der Waals surface area contributed by atoms with Crippen LogP contribution in [-0.2, 0) is 21.3 Å². The van der Waals surface area contributed by atoms with E-state index in [2.05, 4.69) is 12.2 Å². The topological polar surface area (TPSA) is 75.7 Å². The van der Waals surface area contributed by atoms with Crippen LogP contribution in [0, 0.1) is 0 Å². The zero-order valence-electron chi connectivity index (χ0n) is 14.5. The van der Waals surface area contributed by atoms with Gasteiger partial charge in [-0.05, 0) is 42.3 Å². The summed E-state index contributed by atoms with van der Waals surface area (Å²) in [5, 5.41) is 2.77. The molecule has 1 amide bonds. The molecule has 1 N–H and O–H groups in total. The molecular weight excluding hydrogens is 340 g/mol. The predicted octanol–water partition coefficient (Wildman–Crippen LogP) is 3.07. The van der Waals surface area contributed by atoms with Crippen molar-refractivity contribution in [2.75, 3.05) is 19.5 Å². The second kappa shape index (κ2) is 8.24. The van der Waals surface area contributed by atoms with Crippen LogP contribution in [0.15, 0.2) is 53.4 Å². The van der Waals surface area contributed by atoms with Crippen LogP contribution in [0.1, 0.15) is 29.3 Å². The summed E-state index contributed by atoms with van der Waals surface area (Å²) >= 11 is 0. The Hall–Kier alpha value is -2.22. The van der Waals surface area contributed by atoms with Gasteiger partial charge in [-0.1, -0.05) is 36.0 Å². The molecule has 0 radical (unpaired) electrons. The number of hydroxylamine groups is 1. The lowest BCUT2D eigenvalue weighted by Gasteiger charge is -2.14. The minimum atomic E-state index is -3.80. The Balaban J connectivity index is 2.18. The van der Waals surface area contributed by atoms with Crippen LogP contribution in [0.5, 0.6) is 0 Å². The molecule has 7 heteroatoms. The third-order valence-electron chi connectivity index (χ3n) is 3.74. The lowest BCUT2D eigenvalue weighted by atomic mass is 10.1. The summed E-state index contributed by atoms with van der Waals surface area (Å²) < 4.78 is 25.3. The van der Waals surface area contributed by atoms with Crippen LogP contribution in [0.3, 0.4) is 0 Å². The molecule has 0 aromatic heterocycles. The highest BCUT2D eigenvalue weighted by atomic mass is 32.2. The summed E-state index contributed by atoms with van der Waals surface area (Å²) in [5.74, 6) is -0.375. The molecule has 134 valence electrons. The van der Waals surface area contributed by atoms with Gasteiger partial charge >= 0.3 is 0 Å². The predicted molar refractivity (Wildman–Crippen MR) is 96.8 cm³/mol. The second-order valence-corrected chi connectivity index (χ2v) is 7.46. The van der Waals surface area contributed by atoms with Gasteiger partial charge < -0.3 is 5.32 Å². The lowest BCUT2D eigenvalue weighted by molar-refractivity contribution is -0.0258. The van der Waals surface area contributed by atoms with E-state index in [0.29, 0.717) is 5.69 Å². The quantitative estimate of drug-likeness (QED) is 0.768. The highest BCUT2D eigenvalue weighted by molar-refractivity contribution is 7.89. The number of hydrogen-bond donors (Lipinski definition) is 1. The van der Waals surface area contributed by atoms with Gasteiger partial charge in [0.2, 0.25) is 0 Å². The van der Waals surface area contributed by atoms with Crippen molar-refractivity contribution in [3.8, 4) is 0 Å². The zero-order valence-corrected chi connectivity index (χ0v) is 15.3. The third-order valence-corrected chi connectivity index (χ3v) is 5.42. The summed E-state index contributed by atoms with van der Waals surface area (Å²) in [6.45, 7) is 2.11. The van der Waals surface area contributed by atoms with Crippen molar-refractivity contribution in [3.63, 3.8) is 0 Å². The Labute approximate surface area is 148 Å². The molecule has 2 aromatic rings. The summed E-state index contributed by atoms with van der Waals surface area (Å²) in [6, 6.07) is 13.4. The van der Waals surface area contributed by atoms with Gasteiger partial charge in [0.1, 0.15) is 0 Å². The van der Waals surface area contributed by atoms with Gasteiger partial charge in [-0.3, -0.25) is 9.63 Å². The molecule has 0 aliphatic heterocycles. The average molecular weight is 362 g/mol. The van der Waals surface area contributed by atoms with Crippen LogP contribution in [0.2, 0.25) is 0 Å². The maximum Gasteiger partial charge on any atom is 0.264 e. The fraction of sp³-hybridized carbons (Fsp3) is 0.278. The minimum Gasteiger partial charge on any atom is -0.322 e. The van der Waals surface area contributed by atoms with E-state index in [9.17, 15) is 13.2 Å². The molecule has 0 atom stereocenters. The number of nitrogens with one attached hydrogen (secondary N) is 1. The number of hydrogen-bond acceptors (Lipinski definition) is 4. The van der Waals surface area contributed by atoms with Gasteiger partial charge in [0, 0.05) is 18.3 Å². The molecule has 0 aliphatic carbocycles. The number of amides is 1. The number of carbonyl (C=O) groups is 1. The first-order chi connectivity index (χ1) is 11.9. The van der Waals surface area contributed by atoms with Crippen LogP contribution in [0.25, 0.3) is 0 Å². The molecule has 0 heterocycles. The van der Waals surface area contributed by atoms with Crippen molar-refractivity contribution in [3.05, 3.63) is 59.7 Å². The molecule has 0 saturated carbocycles. The third kappa shape index (κ3) is 4.66. The molecule has 0 saturated heterocycles. The van der Waals surface area contributed by atoms with E-state index in [4.69, 9.17) is 4.84 Å². The van der Waals surface area contributed by atoms with Crippen molar-refractivity contribution in [1.29, 1.82) is 0 Å². The summed E-state index contributed by atoms with van der Waals surface area (Å²) in [4.78, 5) is 17.1. The van der Waals surface area contributed by atoms with E-state index in [1.165, 1.54) is 37.9 Å². The molecule has 2 rings (SSSR count). The first kappa shape index (κ1) is 19.1. The molecule has 25 heavy (non-hydrogen) atoms. The van der Waals surface area contributed by atoms with Crippen molar-refractivity contribution < 1.29 is 18.0 Å². The molecule has 0 unspecified atom stereocenters. The largest absolute Gasteiger partial charge is 0.322 e.